The number of anilines is 1. The van der Waals surface area contributed by atoms with Crippen LogP contribution < -0.4 is 4.90 Å². The molecule has 0 saturated carbocycles. The third kappa shape index (κ3) is 1.49. The van der Waals surface area contributed by atoms with Gasteiger partial charge in [0.2, 0.25) is 0 Å². The lowest BCUT2D eigenvalue weighted by molar-refractivity contribution is 0.245. The summed E-state index contributed by atoms with van der Waals surface area (Å²) in [6, 6.07) is 4.45. The van der Waals surface area contributed by atoms with Gasteiger partial charge in [0.05, 0.1) is 18.1 Å². The van der Waals surface area contributed by atoms with Crippen molar-refractivity contribution in [3.05, 3.63) is 42.0 Å². The smallest absolute Gasteiger partial charge is 0.289 e. The summed E-state index contributed by atoms with van der Waals surface area (Å²) in [5.41, 5.74) is 1.20. The summed E-state index contributed by atoms with van der Waals surface area (Å²) in [5, 5.41) is 7.18. The highest BCUT2D eigenvalue weighted by Crippen LogP contribution is 2.30. The number of halogens is 1. The van der Waals surface area contributed by atoms with Crippen LogP contribution in [-0.4, -0.2) is 27.6 Å². The Morgan fingerprint density at radius 3 is 3.06 bits per heavy atom. The Kier molecular flexibility index (Phi) is 2.14. The van der Waals surface area contributed by atoms with E-state index in [1.807, 2.05) is 6.07 Å². The van der Waals surface area contributed by atoms with Crippen molar-refractivity contribution in [3.8, 4) is 0 Å². The lowest BCUT2D eigenvalue weighted by atomic mass is 10.2. The van der Waals surface area contributed by atoms with Crippen LogP contribution in [0.4, 0.5) is 14.9 Å². The van der Waals surface area contributed by atoms with Gasteiger partial charge in [-0.2, -0.15) is 4.68 Å². The van der Waals surface area contributed by atoms with Gasteiger partial charge in [0, 0.05) is 6.54 Å². The van der Waals surface area contributed by atoms with Gasteiger partial charge in [-0.05, 0) is 18.1 Å². The number of aromatic nitrogens is 3. The zero-order chi connectivity index (χ0) is 11.8. The molecular formula is C11H9FN4O. The highest BCUT2D eigenvalue weighted by atomic mass is 19.1. The molecular weight excluding hydrogens is 223 g/mol. The Morgan fingerprint density at radius 2 is 2.29 bits per heavy atom. The molecule has 0 saturated heterocycles. The van der Waals surface area contributed by atoms with Gasteiger partial charge in [-0.1, -0.05) is 17.3 Å². The molecule has 0 unspecified atom stereocenters. The van der Waals surface area contributed by atoms with Crippen LogP contribution in [0, 0.1) is 5.82 Å². The molecule has 0 radical (unpaired) electrons. The summed E-state index contributed by atoms with van der Waals surface area (Å²) >= 11 is 0. The van der Waals surface area contributed by atoms with Crippen molar-refractivity contribution in [1.29, 1.82) is 0 Å². The van der Waals surface area contributed by atoms with Crippen LogP contribution >= 0.6 is 0 Å². The molecule has 2 aromatic rings. The van der Waals surface area contributed by atoms with Crippen molar-refractivity contribution in [2.75, 3.05) is 11.4 Å². The topological polar surface area (TPSA) is 51.0 Å². The van der Waals surface area contributed by atoms with Crippen LogP contribution in [0.1, 0.15) is 5.56 Å². The van der Waals surface area contributed by atoms with E-state index in [1.165, 1.54) is 23.4 Å². The number of benzene rings is 1. The zero-order valence-corrected chi connectivity index (χ0v) is 8.88. The molecule has 1 aliphatic rings. The molecule has 0 fully saturated rings. The van der Waals surface area contributed by atoms with Crippen molar-refractivity contribution in [2.24, 2.45) is 0 Å². The number of hydrogen-bond acceptors (Lipinski definition) is 3. The van der Waals surface area contributed by atoms with Crippen LogP contribution in [-0.2, 0) is 6.42 Å². The molecule has 1 aromatic carbocycles. The number of hydrogen-bond donors (Lipinski definition) is 0. The lowest BCUT2D eigenvalue weighted by Gasteiger charge is -2.16. The minimum absolute atomic E-state index is 0.355. The second kappa shape index (κ2) is 3.65. The first kappa shape index (κ1) is 9.95. The van der Waals surface area contributed by atoms with Gasteiger partial charge in [-0.15, -0.1) is 5.10 Å². The van der Waals surface area contributed by atoms with E-state index in [0.717, 1.165) is 10.2 Å². The maximum atomic E-state index is 13.7. The number of para-hydroxylation sites is 1. The average Bonchev–Trinajstić information content (AvgIpc) is 2.98. The van der Waals surface area contributed by atoms with Crippen molar-refractivity contribution in [1.82, 2.24) is 15.0 Å². The summed E-state index contributed by atoms with van der Waals surface area (Å²) in [6.45, 7) is 0.467. The second-order valence-electron chi connectivity index (χ2n) is 3.78. The molecule has 0 bridgehead atoms. The third-order valence-electron chi connectivity index (χ3n) is 2.79. The highest BCUT2D eigenvalue weighted by molar-refractivity contribution is 5.95. The molecule has 0 N–H and O–H groups in total. The fourth-order valence-electron chi connectivity index (χ4n) is 2.03. The maximum absolute atomic E-state index is 13.7. The van der Waals surface area contributed by atoms with E-state index in [0.29, 0.717) is 18.7 Å². The fraction of sp³-hybridized carbons (Fsp3) is 0.182. The number of amides is 1. The Hall–Kier alpha value is -2.24. The SMILES string of the molecule is O=C(N1CCc2cccc(F)c21)n1ccnn1. The van der Waals surface area contributed by atoms with E-state index in [9.17, 15) is 9.18 Å². The van der Waals surface area contributed by atoms with Crippen LogP contribution in [0.2, 0.25) is 0 Å². The molecule has 0 atom stereocenters. The van der Waals surface area contributed by atoms with Crippen molar-refractivity contribution < 1.29 is 9.18 Å². The van der Waals surface area contributed by atoms with Gasteiger partial charge < -0.3 is 0 Å². The van der Waals surface area contributed by atoms with Gasteiger partial charge in [0.25, 0.3) is 0 Å². The van der Waals surface area contributed by atoms with Gasteiger partial charge >= 0.3 is 6.03 Å². The molecule has 6 heteroatoms. The molecule has 1 aromatic heterocycles. The van der Waals surface area contributed by atoms with E-state index in [2.05, 4.69) is 10.3 Å². The quantitative estimate of drug-likeness (QED) is 0.690. The van der Waals surface area contributed by atoms with Crippen molar-refractivity contribution >= 4 is 11.7 Å². The first-order chi connectivity index (χ1) is 8.27. The Bertz CT molecular complexity index is 567. The van der Waals surface area contributed by atoms with Gasteiger partial charge in [-0.3, -0.25) is 4.90 Å². The van der Waals surface area contributed by atoms with E-state index < -0.39 is 0 Å². The fourth-order valence-corrected chi connectivity index (χ4v) is 2.03. The summed E-state index contributed by atoms with van der Waals surface area (Å²) in [6.07, 6.45) is 3.52. The first-order valence-electron chi connectivity index (χ1n) is 5.23. The largest absolute Gasteiger partial charge is 0.350 e. The van der Waals surface area contributed by atoms with E-state index >= 15 is 0 Å². The standard InChI is InChI=1S/C11H9FN4O/c12-9-3-1-2-8-4-6-15(10(8)9)11(17)16-7-5-13-14-16/h1-3,5,7H,4,6H2. The second-order valence-corrected chi connectivity index (χ2v) is 3.78. The van der Waals surface area contributed by atoms with Crippen LogP contribution in [0.25, 0.3) is 0 Å². The molecule has 2 heterocycles. The number of nitrogens with zero attached hydrogens (tertiary/aromatic N) is 4. The Balaban J connectivity index is 2.02. The molecule has 1 aliphatic heterocycles. The summed E-state index contributed by atoms with van der Waals surface area (Å²) in [7, 11) is 0. The summed E-state index contributed by atoms with van der Waals surface area (Å²) in [5.74, 6) is -0.381. The average molecular weight is 232 g/mol. The molecule has 0 spiro atoms. The van der Waals surface area contributed by atoms with Gasteiger partial charge in [-0.25, -0.2) is 9.18 Å². The molecule has 0 aliphatic carbocycles. The normalized spacial score (nSPS) is 13.8. The Morgan fingerprint density at radius 1 is 1.41 bits per heavy atom. The number of carbonyl (C=O) groups is 1. The molecule has 5 nitrogen and oxygen atoms in total. The first-order valence-corrected chi connectivity index (χ1v) is 5.23. The maximum Gasteiger partial charge on any atom is 0.350 e. The monoisotopic (exact) mass is 232 g/mol. The van der Waals surface area contributed by atoms with Crippen molar-refractivity contribution in [2.45, 2.75) is 6.42 Å². The van der Waals surface area contributed by atoms with E-state index in [1.54, 1.807) is 6.07 Å². The zero-order valence-electron chi connectivity index (χ0n) is 8.88. The molecule has 1 amide bonds. The van der Waals surface area contributed by atoms with Gasteiger partial charge in [0.15, 0.2) is 0 Å². The molecule has 17 heavy (non-hydrogen) atoms. The van der Waals surface area contributed by atoms with E-state index in [4.69, 9.17) is 0 Å². The summed E-state index contributed by atoms with van der Waals surface area (Å²) in [4.78, 5) is 13.4. The number of rotatable bonds is 0. The molecule has 3 rings (SSSR count). The Labute approximate surface area is 96.5 Å². The lowest BCUT2D eigenvalue weighted by Crippen LogP contribution is -2.34. The molecule has 86 valence electrons. The number of carbonyl (C=O) groups excluding carboxylic acids is 1. The predicted octanol–water partition coefficient (Wildman–Crippen LogP) is 1.45. The van der Waals surface area contributed by atoms with Crippen LogP contribution in [0.15, 0.2) is 30.6 Å². The predicted molar refractivity (Wildman–Crippen MR) is 58.3 cm³/mol. The number of fused-ring (bicyclic) bond motifs is 1. The summed E-state index contributed by atoms with van der Waals surface area (Å²) < 4.78 is 14.8. The minimum atomic E-state index is -0.383. The highest BCUT2D eigenvalue weighted by Gasteiger charge is 2.28. The van der Waals surface area contributed by atoms with Crippen LogP contribution in [0.3, 0.4) is 0 Å². The minimum Gasteiger partial charge on any atom is -0.289 e. The third-order valence-corrected chi connectivity index (χ3v) is 2.79. The van der Waals surface area contributed by atoms with Gasteiger partial charge in [0.1, 0.15) is 5.82 Å². The van der Waals surface area contributed by atoms with E-state index in [-0.39, 0.29) is 11.8 Å². The van der Waals surface area contributed by atoms with Crippen LogP contribution in [0.5, 0.6) is 0 Å². The van der Waals surface area contributed by atoms with Crippen molar-refractivity contribution in [3.63, 3.8) is 0 Å².